The fraction of sp³-hybridized carbons (Fsp3) is 0.357. The molecule has 2 rings (SSSR count). The molecule has 2 aromatic rings. The van der Waals surface area contributed by atoms with Crippen LogP contribution in [0.5, 0.6) is 0 Å². The van der Waals surface area contributed by atoms with E-state index in [1.807, 2.05) is 13.8 Å². The number of rotatable bonds is 11. The largest absolute Gasteiger partial charge is 0.463 e. The second-order valence-electron chi connectivity index (χ2n) is 8.07. The molecule has 212 valence electrons. The monoisotopic (exact) mass is 562 g/mol. The average molecular weight is 563 g/mol. The standard InChI is InChI=1S/C14H17NO4.C7H6ClNO2.C7H12O2/c1-3-4-9-19-14(16)8-6-12-5-7-13(15(17)18)11(2)10-12;1-5-4-6(8)2-3-7(5)9(10)11;1-3-5-6-9-7(8)4-2/h5-8,10H,3-4,9H2,1-2H3;2-4H,1H3;4H,2-3,5-6H2,1H3/b8-6+;;. The zero-order valence-electron chi connectivity index (χ0n) is 22.7. The maximum absolute atomic E-state index is 11.3. The van der Waals surface area contributed by atoms with Crippen molar-refractivity contribution in [2.24, 2.45) is 0 Å². The number of benzene rings is 2. The molecule has 2 aromatic carbocycles. The number of hydrogen-bond donors (Lipinski definition) is 0. The van der Waals surface area contributed by atoms with Crippen molar-refractivity contribution in [2.45, 2.75) is 53.4 Å². The second-order valence-corrected chi connectivity index (χ2v) is 8.51. The minimum atomic E-state index is -0.429. The first kappa shape index (κ1) is 35.0. The van der Waals surface area contributed by atoms with Crippen LogP contribution in [-0.4, -0.2) is 35.0 Å². The molecule has 0 fully saturated rings. The summed E-state index contributed by atoms with van der Waals surface area (Å²) in [6.07, 6.45) is 7.88. The Hall–Kier alpha value is -4.05. The smallest absolute Gasteiger partial charge is 0.330 e. The van der Waals surface area contributed by atoms with Gasteiger partial charge < -0.3 is 9.47 Å². The summed E-state index contributed by atoms with van der Waals surface area (Å²) in [5.41, 5.74) is 2.06. The average Bonchev–Trinajstić information content (AvgIpc) is 2.88. The van der Waals surface area contributed by atoms with Gasteiger partial charge in [-0.15, -0.1) is 0 Å². The molecule has 0 aliphatic heterocycles. The van der Waals surface area contributed by atoms with Gasteiger partial charge in [-0.1, -0.05) is 44.9 Å². The molecule has 10 nitrogen and oxygen atoms in total. The molecule has 0 amide bonds. The lowest BCUT2D eigenvalue weighted by Crippen LogP contribution is -2.01. The summed E-state index contributed by atoms with van der Waals surface area (Å²) in [5.74, 6) is -0.729. The summed E-state index contributed by atoms with van der Waals surface area (Å²) in [7, 11) is 0. The van der Waals surface area contributed by atoms with E-state index in [0.717, 1.165) is 31.2 Å². The van der Waals surface area contributed by atoms with Gasteiger partial charge in [-0.25, -0.2) is 9.59 Å². The van der Waals surface area contributed by atoms with Gasteiger partial charge in [0.1, 0.15) is 0 Å². The van der Waals surface area contributed by atoms with Crippen molar-refractivity contribution >= 4 is 41.0 Å². The topological polar surface area (TPSA) is 139 Å². The van der Waals surface area contributed by atoms with Crippen molar-refractivity contribution in [3.63, 3.8) is 0 Å². The van der Waals surface area contributed by atoms with Crippen LogP contribution in [0.3, 0.4) is 0 Å². The number of nitro benzene ring substituents is 2. The Balaban J connectivity index is 0.000000612. The third-order valence-electron chi connectivity index (χ3n) is 4.84. The first-order chi connectivity index (χ1) is 18.5. The predicted molar refractivity (Wildman–Crippen MR) is 152 cm³/mol. The fourth-order valence-corrected chi connectivity index (χ4v) is 2.94. The van der Waals surface area contributed by atoms with E-state index < -0.39 is 15.8 Å². The number of unbranched alkanes of at least 4 members (excludes halogenated alkanes) is 2. The number of nitro groups is 2. The number of nitrogens with zero attached hydrogens (tertiary/aromatic N) is 2. The van der Waals surface area contributed by atoms with Crippen LogP contribution in [0.1, 0.15) is 56.2 Å². The van der Waals surface area contributed by atoms with Gasteiger partial charge in [0.15, 0.2) is 0 Å². The molecule has 0 aliphatic carbocycles. The molecule has 0 radical (unpaired) electrons. The molecular formula is C28H35ClN2O8. The van der Waals surface area contributed by atoms with E-state index in [2.05, 4.69) is 11.3 Å². The molecule has 0 heterocycles. The Morgan fingerprint density at radius 3 is 1.79 bits per heavy atom. The van der Waals surface area contributed by atoms with Crippen molar-refractivity contribution in [2.75, 3.05) is 13.2 Å². The van der Waals surface area contributed by atoms with Gasteiger partial charge in [0.25, 0.3) is 11.4 Å². The SMILES string of the molecule is C=CC(=O)OCCCC.CCCCOC(=O)/C=C/c1ccc([N+](=O)[O-])c(C)c1.Cc1cc(Cl)ccc1[N+](=O)[O-]. The van der Waals surface area contributed by atoms with Crippen LogP contribution >= 0.6 is 11.6 Å². The number of hydrogen-bond acceptors (Lipinski definition) is 8. The highest BCUT2D eigenvalue weighted by Crippen LogP contribution is 2.21. The molecule has 0 unspecified atom stereocenters. The maximum atomic E-state index is 11.3. The molecular weight excluding hydrogens is 528 g/mol. The van der Waals surface area contributed by atoms with Gasteiger partial charge in [-0.05, 0) is 62.6 Å². The van der Waals surface area contributed by atoms with E-state index in [1.165, 1.54) is 30.4 Å². The van der Waals surface area contributed by atoms with E-state index in [9.17, 15) is 29.8 Å². The van der Waals surface area contributed by atoms with Crippen LogP contribution < -0.4 is 0 Å². The Labute approximate surface area is 233 Å². The first-order valence-corrected chi connectivity index (χ1v) is 12.6. The maximum Gasteiger partial charge on any atom is 0.330 e. The van der Waals surface area contributed by atoms with Crippen molar-refractivity contribution in [1.29, 1.82) is 0 Å². The summed E-state index contributed by atoms with van der Waals surface area (Å²) in [6, 6.07) is 9.16. The lowest BCUT2D eigenvalue weighted by molar-refractivity contribution is -0.385. The van der Waals surface area contributed by atoms with Crippen LogP contribution in [0.15, 0.2) is 55.1 Å². The number of halogens is 1. The van der Waals surface area contributed by atoms with Crippen molar-refractivity contribution in [3.05, 3.63) is 97.1 Å². The van der Waals surface area contributed by atoms with Gasteiger partial charge in [0, 0.05) is 40.4 Å². The van der Waals surface area contributed by atoms with Gasteiger partial charge >= 0.3 is 11.9 Å². The summed E-state index contributed by atoms with van der Waals surface area (Å²) >= 11 is 5.60. The zero-order chi connectivity index (χ0) is 29.8. The Morgan fingerprint density at radius 2 is 1.36 bits per heavy atom. The summed E-state index contributed by atoms with van der Waals surface area (Å²) in [4.78, 5) is 41.8. The van der Waals surface area contributed by atoms with E-state index in [1.54, 1.807) is 38.1 Å². The number of carbonyl (C=O) groups is 2. The highest BCUT2D eigenvalue weighted by atomic mass is 35.5. The van der Waals surface area contributed by atoms with Gasteiger partial charge in [0.2, 0.25) is 0 Å². The van der Waals surface area contributed by atoms with Crippen LogP contribution in [0.2, 0.25) is 5.02 Å². The minimum Gasteiger partial charge on any atom is -0.463 e. The number of ether oxygens (including phenoxy) is 2. The molecule has 39 heavy (non-hydrogen) atoms. The molecule has 0 aliphatic rings. The Bertz CT molecular complexity index is 1150. The van der Waals surface area contributed by atoms with Crippen LogP contribution in [0.25, 0.3) is 6.08 Å². The highest BCUT2D eigenvalue weighted by Gasteiger charge is 2.09. The van der Waals surface area contributed by atoms with E-state index in [0.29, 0.717) is 29.4 Å². The highest BCUT2D eigenvalue weighted by molar-refractivity contribution is 6.30. The van der Waals surface area contributed by atoms with Crippen molar-refractivity contribution in [3.8, 4) is 0 Å². The second kappa shape index (κ2) is 20.0. The summed E-state index contributed by atoms with van der Waals surface area (Å²) in [6.45, 7) is 11.6. The minimum absolute atomic E-state index is 0.0719. The normalized spacial score (nSPS) is 9.87. The lowest BCUT2D eigenvalue weighted by atomic mass is 10.1. The van der Waals surface area contributed by atoms with E-state index in [-0.39, 0.29) is 17.3 Å². The summed E-state index contributed by atoms with van der Waals surface area (Å²) in [5, 5.41) is 21.5. The van der Waals surface area contributed by atoms with Gasteiger partial charge in [-0.3, -0.25) is 20.2 Å². The first-order valence-electron chi connectivity index (χ1n) is 12.3. The molecule has 0 atom stereocenters. The number of carbonyl (C=O) groups excluding carboxylic acids is 2. The zero-order valence-corrected chi connectivity index (χ0v) is 23.4. The fourth-order valence-electron chi connectivity index (χ4n) is 2.72. The molecule has 0 saturated heterocycles. The van der Waals surface area contributed by atoms with Gasteiger partial charge in [0.05, 0.1) is 23.1 Å². The van der Waals surface area contributed by atoms with E-state index in [4.69, 9.17) is 16.3 Å². The molecule has 11 heteroatoms. The molecule has 0 aromatic heterocycles. The van der Waals surface area contributed by atoms with E-state index >= 15 is 0 Å². The van der Waals surface area contributed by atoms with Crippen LogP contribution in [0, 0.1) is 34.1 Å². The molecule has 0 spiro atoms. The third-order valence-corrected chi connectivity index (χ3v) is 5.07. The third kappa shape index (κ3) is 15.7. The van der Waals surface area contributed by atoms with Crippen LogP contribution in [-0.2, 0) is 19.1 Å². The lowest BCUT2D eigenvalue weighted by Gasteiger charge is -2.00. The molecule has 0 saturated carbocycles. The van der Waals surface area contributed by atoms with Crippen molar-refractivity contribution in [1.82, 2.24) is 0 Å². The van der Waals surface area contributed by atoms with Crippen LogP contribution in [0.4, 0.5) is 11.4 Å². The van der Waals surface area contributed by atoms with Gasteiger partial charge in [-0.2, -0.15) is 0 Å². The predicted octanol–water partition coefficient (Wildman–Crippen LogP) is 7.33. The summed E-state index contributed by atoms with van der Waals surface area (Å²) < 4.78 is 9.64. The number of aryl methyl sites for hydroxylation is 2. The Kier molecular flexibility index (Phi) is 17.9. The Morgan fingerprint density at radius 1 is 0.872 bits per heavy atom. The number of esters is 2. The quantitative estimate of drug-likeness (QED) is 0.0911. The van der Waals surface area contributed by atoms with Crippen molar-refractivity contribution < 1.29 is 28.9 Å². The molecule has 0 N–H and O–H groups in total. The molecule has 0 bridgehead atoms.